The first-order valence-electron chi connectivity index (χ1n) is 9.21. The highest BCUT2D eigenvalue weighted by Crippen LogP contribution is 2.19. The predicted molar refractivity (Wildman–Crippen MR) is 103 cm³/mol. The lowest BCUT2D eigenvalue weighted by Gasteiger charge is -2.15. The SMILES string of the molecule is CC(Nc1ccc(C(=O)NC2CC2)cc1)C(=O)NCCc1ccc(F)cc1. The molecule has 3 rings (SSSR count). The van der Waals surface area contributed by atoms with E-state index in [4.69, 9.17) is 0 Å². The average molecular weight is 369 g/mol. The van der Waals surface area contributed by atoms with Crippen molar-refractivity contribution in [3.05, 3.63) is 65.5 Å². The van der Waals surface area contributed by atoms with Gasteiger partial charge < -0.3 is 16.0 Å². The zero-order valence-corrected chi connectivity index (χ0v) is 15.3. The first-order chi connectivity index (χ1) is 13.0. The van der Waals surface area contributed by atoms with Crippen molar-refractivity contribution in [2.24, 2.45) is 0 Å². The van der Waals surface area contributed by atoms with Crippen molar-refractivity contribution in [2.75, 3.05) is 11.9 Å². The zero-order valence-electron chi connectivity index (χ0n) is 15.3. The van der Waals surface area contributed by atoms with Gasteiger partial charge in [-0.05, 0) is 68.1 Å². The van der Waals surface area contributed by atoms with E-state index in [1.165, 1.54) is 12.1 Å². The smallest absolute Gasteiger partial charge is 0.251 e. The van der Waals surface area contributed by atoms with Crippen LogP contribution < -0.4 is 16.0 Å². The van der Waals surface area contributed by atoms with E-state index in [9.17, 15) is 14.0 Å². The van der Waals surface area contributed by atoms with E-state index < -0.39 is 6.04 Å². The molecule has 2 aromatic carbocycles. The van der Waals surface area contributed by atoms with Crippen molar-refractivity contribution in [2.45, 2.75) is 38.3 Å². The molecule has 0 heterocycles. The average Bonchev–Trinajstić information content (AvgIpc) is 3.47. The van der Waals surface area contributed by atoms with E-state index >= 15 is 0 Å². The molecule has 27 heavy (non-hydrogen) atoms. The molecule has 0 aliphatic heterocycles. The summed E-state index contributed by atoms with van der Waals surface area (Å²) in [5.41, 5.74) is 2.36. The van der Waals surface area contributed by atoms with Crippen molar-refractivity contribution >= 4 is 17.5 Å². The van der Waals surface area contributed by atoms with E-state index in [2.05, 4.69) is 16.0 Å². The Morgan fingerprint density at radius 3 is 2.37 bits per heavy atom. The van der Waals surface area contributed by atoms with Gasteiger partial charge in [-0.1, -0.05) is 12.1 Å². The minimum absolute atomic E-state index is 0.0596. The van der Waals surface area contributed by atoms with Crippen LogP contribution in [-0.2, 0) is 11.2 Å². The third-order valence-corrected chi connectivity index (χ3v) is 4.46. The number of amides is 2. The molecule has 0 bridgehead atoms. The minimum Gasteiger partial charge on any atom is -0.374 e. The molecule has 1 saturated carbocycles. The Labute approximate surface area is 158 Å². The maximum atomic E-state index is 12.9. The standard InChI is InChI=1S/C21H24FN3O2/c1-14(20(26)23-13-12-15-2-6-17(22)7-3-15)24-18-8-4-16(5-9-18)21(27)25-19-10-11-19/h2-9,14,19,24H,10-13H2,1H3,(H,23,26)(H,25,27). The summed E-state index contributed by atoms with van der Waals surface area (Å²) in [7, 11) is 0. The van der Waals surface area contributed by atoms with E-state index in [1.807, 2.05) is 0 Å². The molecule has 2 aromatic rings. The Morgan fingerprint density at radius 1 is 1.07 bits per heavy atom. The minimum atomic E-state index is -0.413. The van der Waals surface area contributed by atoms with Crippen LogP contribution in [0.4, 0.5) is 10.1 Å². The number of anilines is 1. The van der Waals surface area contributed by atoms with Gasteiger partial charge in [0.25, 0.3) is 5.91 Å². The number of carbonyl (C=O) groups is 2. The molecule has 1 fully saturated rings. The maximum Gasteiger partial charge on any atom is 0.251 e. The van der Waals surface area contributed by atoms with Crippen molar-refractivity contribution in [3.63, 3.8) is 0 Å². The Hall–Kier alpha value is -2.89. The van der Waals surface area contributed by atoms with Crippen molar-refractivity contribution < 1.29 is 14.0 Å². The summed E-state index contributed by atoms with van der Waals surface area (Å²) in [6.07, 6.45) is 2.75. The predicted octanol–water partition coefficient (Wildman–Crippen LogP) is 2.88. The molecule has 1 aliphatic carbocycles. The molecular weight excluding hydrogens is 345 g/mol. The van der Waals surface area contributed by atoms with E-state index in [0.717, 1.165) is 24.1 Å². The van der Waals surface area contributed by atoms with Gasteiger partial charge >= 0.3 is 0 Å². The molecule has 3 N–H and O–H groups in total. The fraction of sp³-hybridized carbons (Fsp3) is 0.333. The van der Waals surface area contributed by atoms with Crippen LogP contribution in [0.5, 0.6) is 0 Å². The van der Waals surface area contributed by atoms with E-state index in [0.29, 0.717) is 24.6 Å². The lowest BCUT2D eigenvalue weighted by Crippen LogP contribution is -2.38. The van der Waals surface area contributed by atoms with Gasteiger partial charge in [-0.25, -0.2) is 4.39 Å². The summed E-state index contributed by atoms with van der Waals surface area (Å²) in [5, 5.41) is 8.93. The molecule has 2 amide bonds. The molecule has 1 aliphatic rings. The highest BCUT2D eigenvalue weighted by Gasteiger charge is 2.23. The second kappa shape index (κ2) is 8.66. The molecule has 0 aromatic heterocycles. The van der Waals surface area contributed by atoms with Crippen molar-refractivity contribution in [3.8, 4) is 0 Å². The molecule has 142 valence electrons. The number of nitrogens with one attached hydrogen (secondary N) is 3. The lowest BCUT2D eigenvalue weighted by molar-refractivity contribution is -0.121. The summed E-state index contributed by atoms with van der Waals surface area (Å²) in [4.78, 5) is 24.2. The Kier molecular flexibility index (Phi) is 6.06. The van der Waals surface area contributed by atoms with Gasteiger partial charge in [0, 0.05) is 23.8 Å². The van der Waals surface area contributed by atoms with Crippen LogP contribution in [0.1, 0.15) is 35.7 Å². The van der Waals surface area contributed by atoms with Gasteiger partial charge in [-0.15, -0.1) is 0 Å². The monoisotopic (exact) mass is 369 g/mol. The third kappa shape index (κ3) is 5.81. The van der Waals surface area contributed by atoms with Crippen LogP contribution in [-0.4, -0.2) is 30.4 Å². The number of hydrogen-bond donors (Lipinski definition) is 3. The lowest BCUT2D eigenvalue weighted by atomic mass is 10.1. The fourth-order valence-corrected chi connectivity index (χ4v) is 2.66. The first-order valence-corrected chi connectivity index (χ1v) is 9.21. The molecule has 5 nitrogen and oxygen atoms in total. The highest BCUT2D eigenvalue weighted by molar-refractivity contribution is 5.95. The zero-order chi connectivity index (χ0) is 19.2. The summed E-state index contributed by atoms with van der Waals surface area (Å²) in [5.74, 6) is -0.444. The van der Waals surface area contributed by atoms with Gasteiger partial charge in [-0.3, -0.25) is 9.59 Å². The van der Waals surface area contributed by atoms with E-state index in [1.54, 1.807) is 43.3 Å². The quantitative estimate of drug-likeness (QED) is 0.670. The van der Waals surface area contributed by atoms with Gasteiger partial charge in [0.15, 0.2) is 0 Å². The van der Waals surface area contributed by atoms with Gasteiger partial charge in [0.05, 0.1) is 0 Å². The number of carbonyl (C=O) groups excluding carboxylic acids is 2. The number of rotatable bonds is 8. The number of hydrogen-bond acceptors (Lipinski definition) is 3. The van der Waals surface area contributed by atoms with Crippen LogP contribution in [0.25, 0.3) is 0 Å². The Balaban J connectivity index is 1.43. The molecule has 6 heteroatoms. The molecule has 0 spiro atoms. The van der Waals surface area contributed by atoms with Crippen molar-refractivity contribution in [1.82, 2.24) is 10.6 Å². The van der Waals surface area contributed by atoms with E-state index in [-0.39, 0.29) is 17.6 Å². The molecule has 1 atom stereocenters. The van der Waals surface area contributed by atoms with Gasteiger partial charge in [0.1, 0.15) is 11.9 Å². The fourth-order valence-electron chi connectivity index (χ4n) is 2.66. The van der Waals surface area contributed by atoms with Gasteiger partial charge in [-0.2, -0.15) is 0 Å². The van der Waals surface area contributed by atoms with Crippen LogP contribution >= 0.6 is 0 Å². The molecule has 0 radical (unpaired) electrons. The molecule has 0 saturated heterocycles. The third-order valence-electron chi connectivity index (χ3n) is 4.46. The second-order valence-electron chi connectivity index (χ2n) is 6.86. The van der Waals surface area contributed by atoms with Crippen LogP contribution in [0.2, 0.25) is 0 Å². The Morgan fingerprint density at radius 2 is 1.74 bits per heavy atom. The Bertz CT molecular complexity index is 786. The summed E-state index contributed by atoms with van der Waals surface area (Å²) >= 11 is 0. The largest absolute Gasteiger partial charge is 0.374 e. The maximum absolute atomic E-state index is 12.9. The topological polar surface area (TPSA) is 70.2 Å². The number of halogens is 1. The molecule has 1 unspecified atom stereocenters. The van der Waals surface area contributed by atoms with Crippen LogP contribution in [0.3, 0.4) is 0 Å². The van der Waals surface area contributed by atoms with Crippen molar-refractivity contribution in [1.29, 1.82) is 0 Å². The summed E-state index contributed by atoms with van der Waals surface area (Å²) in [6, 6.07) is 13.3. The summed E-state index contributed by atoms with van der Waals surface area (Å²) in [6.45, 7) is 2.26. The normalized spacial score (nSPS) is 14.3. The summed E-state index contributed by atoms with van der Waals surface area (Å²) < 4.78 is 12.9. The molecular formula is C21H24FN3O2. The van der Waals surface area contributed by atoms with Gasteiger partial charge in [0.2, 0.25) is 5.91 Å². The highest BCUT2D eigenvalue weighted by atomic mass is 19.1. The first kappa shape index (κ1) is 18.9. The van der Waals surface area contributed by atoms with Crippen LogP contribution in [0.15, 0.2) is 48.5 Å². The second-order valence-corrected chi connectivity index (χ2v) is 6.86. The number of benzene rings is 2. The van der Waals surface area contributed by atoms with Crippen LogP contribution in [0, 0.1) is 5.82 Å².